The number of likely N-dealkylation sites (tertiary alicyclic amines) is 2. The zero-order valence-corrected chi connectivity index (χ0v) is 87.1. The summed E-state index contributed by atoms with van der Waals surface area (Å²) in [4.78, 5) is 34.7. The highest BCUT2D eigenvalue weighted by atomic mass is 35.5. The number of aryl methyl sites for hydroxylation is 2. The van der Waals surface area contributed by atoms with Crippen LogP contribution in [0.3, 0.4) is 0 Å². The molecule has 2 atom stereocenters. The zero-order valence-electron chi connectivity index (χ0n) is 79.8. The smallest absolute Gasteiger partial charge is 0.393 e. The van der Waals surface area contributed by atoms with Gasteiger partial charge in [0.15, 0.2) is 19.7 Å². The van der Waals surface area contributed by atoms with Gasteiger partial charge in [0.1, 0.15) is 11.6 Å². The first-order chi connectivity index (χ1) is 66.6. The van der Waals surface area contributed by atoms with Crippen LogP contribution in [0.25, 0.3) is 44.8 Å². The summed E-state index contributed by atoms with van der Waals surface area (Å²) in [6, 6.07) is 69.2. The van der Waals surface area contributed by atoms with Gasteiger partial charge in [-0.05, 0) is 283 Å². The number of anilines is 8. The van der Waals surface area contributed by atoms with Crippen molar-refractivity contribution in [3.63, 3.8) is 0 Å². The predicted molar refractivity (Wildman–Crippen MR) is 566 cm³/mol. The average molecular weight is 2080 g/mol. The normalized spacial score (nSPS) is 15.8. The maximum atomic E-state index is 15.8. The largest absolute Gasteiger partial charge is 0.469 e. The molecule has 25 nitrogen and oxygen atoms in total. The van der Waals surface area contributed by atoms with Gasteiger partial charge in [-0.3, -0.25) is 14.0 Å². The van der Waals surface area contributed by atoms with E-state index >= 15 is 8.78 Å². The van der Waals surface area contributed by atoms with Crippen LogP contribution in [0.15, 0.2) is 260 Å². The molecule has 12 aromatic rings. The molecule has 0 radical (unpaired) electrons. The van der Waals surface area contributed by atoms with Gasteiger partial charge in [-0.15, -0.1) is 23.5 Å². The fourth-order valence-corrected chi connectivity index (χ4v) is 26.6. The summed E-state index contributed by atoms with van der Waals surface area (Å²) in [5.41, 5.74) is 13.1. The maximum Gasteiger partial charge on any atom is 0.469 e. The molecule has 7 N–H and O–H groups in total. The lowest BCUT2D eigenvalue weighted by Crippen LogP contribution is -2.46. The highest BCUT2D eigenvalue weighted by molar-refractivity contribution is 7.99. The standard InChI is InChI=1S/C53H63ClFN6O8PS3.C51H58ClFN6O5S3/c1-36(2)61-38(4)53(72(5,65)66)51(52(61)39-11-13-41(54)14-12-39)40-32-42(55)34-46(33-40)60-29-27-59(28-30-60)45-17-15-43(16-18-45)57-73(67,68)49-19-20-50(37(3)31-49)56-44(35-71-48-9-7-6-8-10-48)21-24-58-25-22-47(23-26-58)69-70(62,63)64;1-35-30-47(18-19-48(35)54-42(34-65-46-8-6-5-7-9-46)20-23-57-24-21-45(60)22-25-57)67(63,64)55-41-14-16-43(17-15-41)58-26-28-59(29-27-58)44-32-38(31-40(53)33-44)49-50(37-10-12-39(52)13-11-37)56(3)36(2)51(49)66(4,61)62/h6-20,31-34,36,44,47,56-57H,21-30,35H2,1-5H3,(H2,62,63,64);5-19,30-33,42,45,54-55,60H,20-29,34H2,1-4H3/t44-;42-/m11/s1. The van der Waals surface area contributed by atoms with Crippen molar-refractivity contribution < 1.29 is 66.4 Å². The summed E-state index contributed by atoms with van der Waals surface area (Å²) in [7, 11) is -18.0. The lowest BCUT2D eigenvalue weighted by atomic mass is 9.99. The van der Waals surface area contributed by atoms with Crippen LogP contribution in [0, 0.1) is 39.3 Å². The molecule has 4 aliphatic rings. The van der Waals surface area contributed by atoms with Crippen molar-refractivity contribution >= 4 is 140 Å². The quantitative estimate of drug-likeness (QED) is 0.0143. The summed E-state index contributed by atoms with van der Waals surface area (Å²) in [5.74, 6) is 0.660. The van der Waals surface area contributed by atoms with Crippen molar-refractivity contribution in [3.05, 3.63) is 275 Å². The molecule has 36 heteroatoms. The number of halogens is 4. The molecule has 16 rings (SSSR count). The van der Waals surface area contributed by atoms with E-state index in [9.17, 15) is 53.1 Å². The molecule has 0 saturated carbocycles. The van der Waals surface area contributed by atoms with Crippen molar-refractivity contribution in [2.75, 3.05) is 155 Å². The van der Waals surface area contributed by atoms with Crippen LogP contribution < -0.4 is 39.7 Å². The first-order valence-electron chi connectivity index (χ1n) is 46.8. The number of benzene rings is 10. The number of phosphoric ester groups is 1. The SMILES string of the molecule is Cc1cc(S(=O)(=O)Nc2ccc(N3CCN(c4cc(F)cc(-c5c(S(C)(=O)=O)c(C)n(C(C)C)c5-c5ccc(Cl)cc5)c4)CC3)cc2)ccc1N[C@H](CCN1CCC(OP(=O)(O)O)CC1)CSc1ccccc1.Cc1cc(S(=O)(=O)Nc2ccc(N3CCN(c4cc(F)cc(-c5c(S(C)(=O)=O)c(C)n(C)c5-c5ccc(Cl)cc5)c4)CC3)cc2)ccc1N[C@H](CCN1CCC(O)CC1)CSc1ccccc1. The minimum Gasteiger partial charge on any atom is -0.393 e. The lowest BCUT2D eigenvalue weighted by Gasteiger charge is -2.37. The van der Waals surface area contributed by atoms with Crippen molar-refractivity contribution in [1.29, 1.82) is 0 Å². The van der Waals surface area contributed by atoms with Gasteiger partial charge in [0.25, 0.3) is 20.0 Å². The maximum absolute atomic E-state index is 15.8. The molecule has 4 aliphatic heterocycles. The van der Waals surface area contributed by atoms with E-state index in [1.165, 1.54) is 41.7 Å². The van der Waals surface area contributed by atoms with E-state index in [0.717, 1.165) is 113 Å². The van der Waals surface area contributed by atoms with Gasteiger partial charge in [0, 0.05) is 229 Å². The molecule has 0 spiro atoms. The third kappa shape index (κ3) is 26.6. The lowest BCUT2D eigenvalue weighted by molar-refractivity contribution is 0.0706. The van der Waals surface area contributed by atoms with Gasteiger partial charge in [-0.25, -0.2) is 47.0 Å². The van der Waals surface area contributed by atoms with Gasteiger partial charge in [0.2, 0.25) is 0 Å². The number of sulfonamides is 2. The fraction of sp³-hybridized carbons (Fsp3) is 0.346. The Bertz CT molecular complexity index is 6890. The first kappa shape index (κ1) is 104. The molecular formula is C104H121Cl2F2N12O13PS6. The Kier molecular flexibility index (Phi) is 33.8. The highest BCUT2D eigenvalue weighted by Gasteiger charge is 2.35. The summed E-state index contributed by atoms with van der Waals surface area (Å²) < 4.78 is 165. The van der Waals surface area contributed by atoms with Crippen molar-refractivity contribution in [3.8, 4) is 44.8 Å². The van der Waals surface area contributed by atoms with E-state index in [1.807, 2.05) is 147 Å². The average Bonchev–Trinajstić information content (AvgIpc) is 1.59. The molecule has 140 heavy (non-hydrogen) atoms. The number of aromatic nitrogens is 2. The Morgan fingerprint density at radius 2 is 0.821 bits per heavy atom. The number of rotatable bonds is 35. The molecule has 0 bridgehead atoms. The van der Waals surface area contributed by atoms with E-state index in [2.05, 4.69) is 73.7 Å². The van der Waals surface area contributed by atoms with Gasteiger partial charge in [-0.2, -0.15) is 0 Å². The second-order valence-electron chi connectivity index (χ2n) is 36.7. The van der Waals surface area contributed by atoms with Crippen molar-refractivity contribution in [2.24, 2.45) is 7.05 Å². The van der Waals surface area contributed by atoms with E-state index in [-0.39, 0.29) is 43.8 Å². The van der Waals surface area contributed by atoms with Crippen LogP contribution in [0.1, 0.15) is 80.9 Å². The third-order valence-corrected chi connectivity index (χ3v) is 34.9. The van der Waals surface area contributed by atoms with E-state index in [1.54, 1.807) is 116 Å². The molecule has 0 amide bonds. The molecular weight excluding hydrogens is 1960 g/mol. The summed E-state index contributed by atoms with van der Waals surface area (Å²) in [6.45, 7) is 20.9. The Hall–Kier alpha value is -9.91. The van der Waals surface area contributed by atoms with Gasteiger partial charge in [-0.1, -0.05) is 83.9 Å². The van der Waals surface area contributed by atoms with Gasteiger partial charge in [0.05, 0.1) is 43.2 Å². The Morgan fingerprint density at radius 1 is 0.450 bits per heavy atom. The number of phosphoric acid groups is 1. The molecule has 4 saturated heterocycles. The molecule has 4 fully saturated rings. The van der Waals surface area contributed by atoms with Crippen LogP contribution >= 0.6 is 54.5 Å². The molecule has 2 aromatic heterocycles. The van der Waals surface area contributed by atoms with E-state index in [0.29, 0.717) is 156 Å². The molecule has 0 aliphatic carbocycles. The number of hydrogen-bond acceptors (Lipinski definition) is 21. The number of aliphatic hydroxyl groups is 1. The number of piperidine rings is 2. The van der Waals surface area contributed by atoms with Crippen LogP contribution in [0.2, 0.25) is 10.0 Å². The third-order valence-electron chi connectivity index (χ3n) is 26.2. The molecule has 10 aromatic carbocycles. The van der Waals surface area contributed by atoms with Crippen LogP contribution in [-0.4, -0.2) is 207 Å². The minimum atomic E-state index is -4.53. The number of sulfone groups is 2. The second-order valence-corrected chi connectivity index (χ2v) is 48.2. The minimum absolute atomic E-state index is 0.0363. The van der Waals surface area contributed by atoms with Gasteiger partial charge >= 0.3 is 7.82 Å². The number of piperazine rings is 2. The van der Waals surface area contributed by atoms with Crippen LogP contribution in [-0.2, 0) is 55.9 Å². The molecule has 6 heterocycles. The Labute approximate surface area is 840 Å². The second kappa shape index (κ2) is 45.4. The summed E-state index contributed by atoms with van der Waals surface area (Å²) in [5, 5.41) is 18.5. The first-order valence-corrected chi connectivity index (χ1v) is 57.8. The Balaban J connectivity index is 0.000000212. The van der Waals surface area contributed by atoms with E-state index < -0.39 is 65.3 Å². The van der Waals surface area contributed by atoms with Crippen molar-refractivity contribution in [2.45, 2.75) is 140 Å². The zero-order chi connectivity index (χ0) is 99.7. The fourth-order valence-electron chi connectivity index (χ4n) is 19.0. The van der Waals surface area contributed by atoms with Crippen LogP contribution in [0.5, 0.6) is 0 Å². The number of hydrogen-bond donors (Lipinski definition) is 7. The van der Waals surface area contributed by atoms with Crippen LogP contribution in [0.4, 0.5) is 54.3 Å². The summed E-state index contributed by atoms with van der Waals surface area (Å²) in [6.07, 6.45) is 6.07. The number of thioether (sulfide) groups is 2. The topological polar surface area (TPSA) is 301 Å². The number of nitrogens with zero attached hydrogens (tertiary/aromatic N) is 8. The number of nitrogens with one attached hydrogen (secondary N) is 4. The van der Waals surface area contributed by atoms with E-state index in [4.69, 9.17) is 27.7 Å². The molecule has 744 valence electrons. The van der Waals surface area contributed by atoms with Gasteiger partial charge < -0.3 is 64.1 Å². The summed E-state index contributed by atoms with van der Waals surface area (Å²) >= 11 is 16.0. The number of aliphatic hydroxyl groups excluding tert-OH is 1. The highest BCUT2D eigenvalue weighted by Crippen LogP contribution is 2.48. The molecule has 0 unspecified atom stereocenters. The predicted octanol–water partition coefficient (Wildman–Crippen LogP) is 20.6. The van der Waals surface area contributed by atoms with Crippen molar-refractivity contribution in [1.82, 2.24) is 18.9 Å². The Morgan fingerprint density at radius 3 is 1.20 bits per heavy atom. The monoisotopic (exact) mass is 2080 g/mol.